The monoisotopic (exact) mass is 363 g/mol. The fraction of sp³-hybridized carbons (Fsp3) is 0.955. The zero-order valence-electron chi connectivity index (χ0n) is 17.3. The molecule has 0 aromatic carbocycles. The van der Waals surface area contributed by atoms with E-state index in [-0.39, 0.29) is 0 Å². The Kier molecular flexibility index (Phi) is 7.95. The summed E-state index contributed by atoms with van der Waals surface area (Å²) in [5, 5.41) is 0. The Bertz CT molecular complexity index is 417. The number of carbonyl (C=O) groups is 1. The summed E-state index contributed by atoms with van der Waals surface area (Å²) in [6.07, 6.45) is 8.36. The van der Waals surface area contributed by atoms with Gasteiger partial charge in [0.05, 0.1) is 0 Å². The van der Waals surface area contributed by atoms with Crippen molar-refractivity contribution in [2.75, 3.05) is 58.9 Å². The molecule has 1 saturated carbocycles. The molecule has 26 heavy (non-hydrogen) atoms. The minimum atomic E-state index is 0.384. The minimum absolute atomic E-state index is 0.384. The number of rotatable bonds is 7. The van der Waals surface area contributed by atoms with Crippen molar-refractivity contribution >= 4 is 5.78 Å². The van der Waals surface area contributed by atoms with Gasteiger partial charge in [-0.3, -0.25) is 4.79 Å². The van der Waals surface area contributed by atoms with Gasteiger partial charge in [-0.1, -0.05) is 13.8 Å². The lowest BCUT2D eigenvalue weighted by Crippen LogP contribution is -2.48. The van der Waals surface area contributed by atoms with E-state index in [1.165, 1.54) is 84.6 Å². The second-order valence-corrected chi connectivity index (χ2v) is 9.02. The Morgan fingerprint density at radius 1 is 0.692 bits per heavy atom. The Labute approximate surface area is 161 Å². The van der Waals surface area contributed by atoms with Crippen molar-refractivity contribution in [3.8, 4) is 0 Å². The summed E-state index contributed by atoms with van der Waals surface area (Å²) >= 11 is 0. The van der Waals surface area contributed by atoms with Crippen LogP contribution in [0, 0.1) is 17.8 Å². The van der Waals surface area contributed by atoms with E-state index in [1.54, 1.807) is 0 Å². The zero-order chi connectivity index (χ0) is 18.4. The van der Waals surface area contributed by atoms with E-state index in [1.807, 2.05) is 6.92 Å². The Morgan fingerprint density at radius 3 is 1.73 bits per heavy atom. The van der Waals surface area contributed by atoms with Crippen LogP contribution in [0.25, 0.3) is 0 Å². The molecule has 0 unspecified atom stereocenters. The maximum absolute atomic E-state index is 11.9. The molecule has 0 spiro atoms. The first-order chi connectivity index (χ1) is 12.7. The van der Waals surface area contributed by atoms with E-state index >= 15 is 0 Å². The summed E-state index contributed by atoms with van der Waals surface area (Å²) in [5.74, 6) is 2.64. The summed E-state index contributed by atoms with van der Waals surface area (Å²) in [6.45, 7) is 15.8. The van der Waals surface area contributed by atoms with Crippen molar-refractivity contribution in [2.24, 2.45) is 17.8 Å². The van der Waals surface area contributed by atoms with Gasteiger partial charge >= 0.3 is 0 Å². The van der Waals surface area contributed by atoms with Crippen molar-refractivity contribution in [2.45, 2.75) is 58.8 Å². The number of carbonyl (C=O) groups excluding carboxylic acids is 1. The van der Waals surface area contributed by atoms with Crippen LogP contribution in [0.1, 0.15) is 58.8 Å². The molecule has 0 N–H and O–H groups in total. The molecule has 2 saturated heterocycles. The first-order valence-corrected chi connectivity index (χ1v) is 11.4. The first kappa shape index (κ1) is 20.3. The lowest BCUT2D eigenvalue weighted by molar-refractivity contribution is -0.123. The number of Topliss-reactive ketones (excluding diaryl/α,β-unsaturated/α-hetero) is 1. The molecule has 0 radical (unpaired) electrons. The number of likely N-dealkylation sites (N-methyl/N-ethyl adjacent to an activating group) is 1. The molecule has 0 aromatic rings. The van der Waals surface area contributed by atoms with Crippen LogP contribution in [0.4, 0.5) is 0 Å². The standard InChI is InChI=1S/C22H41N3O/c1-3-22(26)21-7-5-19(6-8-21)17-24-11-9-20(10-12-24)18-25-15-13-23(4-2)14-16-25/h19-21H,3-18H2,1-2H3. The van der Waals surface area contributed by atoms with Gasteiger partial charge in [0.1, 0.15) is 5.78 Å². The van der Waals surface area contributed by atoms with Gasteiger partial charge in [-0.25, -0.2) is 0 Å². The molecule has 4 nitrogen and oxygen atoms in total. The van der Waals surface area contributed by atoms with Crippen LogP contribution in [0.2, 0.25) is 0 Å². The van der Waals surface area contributed by atoms with Crippen LogP contribution in [0.3, 0.4) is 0 Å². The topological polar surface area (TPSA) is 26.8 Å². The zero-order valence-corrected chi connectivity index (χ0v) is 17.3. The molecule has 4 heteroatoms. The molecule has 0 aromatic heterocycles. The highest BCUT2D eigenvalue weighted by Crippen LogP contribution is 2.31. The Balaban J connectivity index is 1.30. The lowest BCUT2D eigenvalue weighted by atomic mass is 9.79. The third kappa shape index (κ3) is 5.77. The molecule has 3 fully saturated rings. The van der Waals surface area contributed by atoms with Crippen LogP contribution >= 0.6 is 0 Å². The SMILES string of the molecule is CCC(=O)C1CCC(CN2CCC(CN3CCN(CC)CC3)CC2)CC1. The maximum atomic E-state index is 11.9. The van der Waals surface area contributed by atoms with E-state index in [4.69, 9.17) is 0 Å². The van der Waals surface area contributed by atoms with Crippen molar-refractivity contribution in [1.29, 1.82) is 0 Å². The summed E-state index contributed by atoms with van der Waals surface area (Å²) in [6, 6.07) is 0. The minimum Gasteiger partial charge on any atom is -0.303 e. The number of hydrogen-bond acceptors (Lipinski definition) is 4. The second-order valence-electron chi connectivity index (χ2n) is 9.02. The predicted molar refractivity (Wildman–Crippen MR) is 108 cm³/mol. The number of nitrogens with zero attached hydrogens (tertiary/aromatic N) is 3. The maximum Gasteiger partial charge on any atom is 0.135 e. The summed E-state index contributed by atoms with van der Waals surface area (Å²) in [7, 11) is 0. The number of ketones is 1. The number of piperidine rings is 1. The second kappa shape index (κ2) is 10.2. The van der Waals surface area contributed by atoms with Crippen LogP contribution in [0.15, 0.2) is 0 Å². The van der Waals surface area contributed by atoms with Gasteiger partial charge in [-0.15, -0.1) is 0 Å². The average Bonchev–Trinajstić information content (AvgIpc) is 2.70. The highest BCUT2D eigenvalue weighted by atomic mass is 16.1. The van der Waals surface area contributed by atoms with Gasteiger partial charge < -0.3 is 14.7 Å². The highest BCUT2D eigenvalue weighted by Gasteiger charge is 2.28. The molecular formula is C22H41N3O. The fourth-order valence-electron chi connectivity index (χ4n) is 5.33. The van der Waals surface area contributed by atoms with E-state index in [0.717, 1.165) is 31.1 Å². The van der Waals surface area contributed by atoms with Gasteiger partial charge in [0.2, 0.25) is 0 Å². The van der Waals surface area contributed by atoms with Crippen LogP contribution < -0.4 is 0 Å². The molecule has 150 valence electrons. The lowest BCUT2D eigenvalue weighted by Gasteiger charge is -2.39. The molecule has 0 amide bonds. The molecular weight excluding hydrogens is 322 g/mol. The van der Waals surface area contributed by atoms with Gasteiger partial charge in [0, 0.05) is 51.6 Å². The molecule has 1 aliphatic carbocycles. The van der Waals surface area contributed by atoms with Crippen molar-refractivity contribution in [3.05, 3.63) is 0 Å². The summed E-state index contributed by atoms with van der Waals surface area (Å²) in [5.41, 5.74) is 0. The average molecular weight is 364 g/mol. The fourth-order valence-corrected chi connectivity index (χ4v) is 5.33. The smallest absolute Gasteiger partial charge is 0.135 e. The third-order valence-electron chi connectivity index (χ3n) is 7.30. The van der Waals surface area contributed by atoms with Crippen molar-refractivity contribution in [1.82, 2.24) is 14.7 Å². The van der Waals surface area contributed by atoms with E-state index < -0.39 is 0 Å². The molecule has 0 atom stereocenters. The Hall–Kier alpha value is -0.450. The molecule has 2 heterocycles. The van der Waals surface area contributed by atoms with Gasteiger partial charge in [0.25, 0.3) is 0 Å². The van der Waals surface area contributed by atoms with Gasteiger partial charge in [-0.2, -0.15) is 0 Å². The largest absolute Gasteiger partial charge is 0.303 e. The molecule has 3 rings (SSSR count). The number of likely N-dealkylation sites (tertiary alicyclic amines) is 1. The van der Waals surface area contributed by atoms with Crippen molar-refractivity contribution < 1.29 is 4.79 Å². The predicted octanol–water partition coefficient (Wildman–Crippen LogP) is 3.12. The van der Waals surface area contributed by atoms with Crippen LogP contribution in [-0.4, -0.2) is 79.4 Å². The third-order valence-corrected chi connectivity index (χ3v) is 7.30. The number of piperazine rings is 1. The van der Waals surface area contributed by atoms with Crippen molar-refractivity contribution in [3.63, 3.8) is 0 Å². The van der Waals surface area contributed by atoms with Gasteiger partial charge in [-0.05, 0) is 70.0 Å². The van der Waals surface area contributed by atoms with E-state index in [0.29, 0.717) is 11.7 Å². The summed E-state index contributed by atoms with van der Waals surface area (Å²) in [4.78, 5) is 19.9. The Morgan fingerprint density at radius 2 is 1.19 bits per heavy atom. The number of hydrogen-bond donors (Lipinski definition) is 0. The molecule has 2 aliphatic heterocycles. The quantitative estimate of drug-likeness (QED) is 0.694. The normalized spacial score (nSPS) is 30.5. The van der Waals surface area contributed by atoms with E-state index in [9.17, 15) is 4.79 Å². The highest BCUT2D eigenvalue weighted by molar-refractivity contribution is 5.80. The van der Waals surface area contributed by atoms with E-state index in [2.05, 4.69) is 21.6 Å². The van der Waals surface area contributed by atoms with Gasteiger partial charge in [0.15, 0.2) is 0 Å². The molecule has 3 aliphatic rings. The first-order valence-electron chi connectivity index (χ1n) is 11.4. The summed E-state index contributed by atoms with van der Waals surface area (Å²) < 4.78 is 0. The molecule has 0 bridgehead atoms. The van der Waals surface area contributed by atoms with Crippen LogP contribution in [0.5, 0.6) is 0 Å². The van der Waals surface area contributed by atoms with Crippen LogP contribution in [-0.2, 0) is 4.79 Å².